The van der Waals surface area contributed by atoms with Crippen LogP contribution >= 0.6 is 0 Å². The molecule has 0 heterocycles. The van der Waals surface area contributed by atoms with Crippen molar-refractivity contribution in [2.75, 3.05) is 7.11 Å². The maximum atomic E-state index is 12.5. The Bertz CT molecular complexity index is 319. The van der Waals surface area contributed by atoms with Gasteiger partial charge in [0.2, 0.25) is 0 Å². The Morgan fingerprint density at radius 3 is 1.79 bits per heavy atom. The minimum Gasteiger partial charge on any atom is -0.497 e. The molecule has 1 aromatic carbocycles. The van der Waals surface area contributed by atoms with Crippen LogP contribution in [0.2, 0.25) is 0 Å². The first-order valence-corrected chi connectivity index (χ1v) is 4.08. The molecule has 0 atom stereocenters. The molecule has 0 unspecified atom stereocenters. The van der Waals surface area contributed by atoms with E-state index in [9.17, 15) is 13.2 Å². The molecule has 1 rings (SSSR count). The van der Waals surface area contributed by atoms with E-state index in [1.165, 1.54) is 33.1 Å². The Hall–Kier alpha value is -1.19. The van der Waals surface area contributed by atoms with Crippen molar-refractivity contribution in [1.29, 1.82) is 0 Å². The molecule has 0 aliphatic carbocycles. The van der Waals surface area contributed by atoms with Gasteiger partial charge in [-0.25, -0.2) is 0 Å². The fourth-order valence-electron chi connectivity index (χ4n) is 1.49. The highest BCUT2D eigenvalue weighted by atomic mass is 19.4. The van der Waals surface area contributed by atoms with Gasteiger partial charge in [-0.05, 0) is 37.1 Å². The minimum atomic E-state index is -4.29. The van der Waals surface area contributed by atoms with Gasteiger partial charge in [-0.3, -0.25) is 0 Å². The largest absolute Gasteiger partial charge is 0.497 e. The number of alkyl halides is 3. The molecule has 1 nitrogen and oxygen atoms in total. The van der Waals surface area contributed by atoms with Gasteiger partial charge in [0.05, 0.1) is 12.7 Å². The Balaban J connectivity index is 3.33. The molecule has 0 amide bonds. The van der Waals surface area contributed by atoms with Crippen molar-refractivity contribution in [3.8, 4) is 5.75 Å². The lowest BCUT2D eigenvalue weighted by atomic mass is 10.0. The molecule has 0 spiro atoms. The fraction of sp³-hybridized carbons (Fsp3) is 0.400. The summed E-state index contributed by atoms with van der Waals surface area (Å²) in [5.74, 6) is 0.452. The zero-order chi connectivity index (χ0) is 10.9. The van der Waals surface area contributed by atoms with Gasteiger partial charge in [-0.2, -0.15) is 13.2 Å². The topological polar surface area (TPSA) is 9.23 Å². The third-order valence-corrected chi connectivity index (χ3v) is 2.03. The van der Waals surface area contributed by atoms with Crippen LogP contribution in [0.1, 0.15) is 16.7 Å². The molecule has 0 saturated carbocycles. The Morgan fingerprint density at radius 2 is 1.50 bits per heavy atom. The molecule has 0 aromatic heterocycles. The quantitative estimate of drug-likeness (QED) is 0.681. The molecule has 78 valence electrons. The number of hydrogen-bond donors (Lipinski definition) is 0. The summed E-state index contributed by atoms with van der Waals surface area (Å²) in [6.07, 6.45) is -4.29. The summed E-state index contributed by atoms with van der Waals surface area (Å²) in [4.78, 5) is 0. The number of rotatable bonds is 1. The number of hydrogen-bond acceptors (Lipinski definition) is 1. The van der Waals surface area contributed by atoms with Crippen LogP contribution in [-0.2, 0) is 6.18 Å². The molecule has 0 N–H and O–H groups in total. The van der Waals surface area contributed by atoms with E-state index in [1.54, 1.807) is 0 Å². The smallest absolute Gasteiger partial charge is 0.416 e. The van der Waals surface area contributed by atoms with E-state index in [0.29, 0.717) is 5.75 Å². The highest BCUT2D eigenvalue weighted by molar-refractivity contribution is 5.42. The average Bonchev–Trinajstić information content (AvgIpc) is 1.99. The van der Waals surface area contributed by atoms with E-state index in [0.717, 1.165) is 0 Å². The molecule has 1 aromatic rings. The van der Waals surface area contributed by atoms with Crippen LogP contribution in [0, 0.1) is 13.8 Å². The summed E-state index contributed by atoms with van der Waals surface area (Å²) in [5.41, 5.74) is -0.193. The van der Waals surface area contributed by atoms with Gasteiger partial charge in [-0.15, -0.1) is 0 Å². The summed E-state index contributed by atoms with van der Waals surface area (Å²) in [6, 6.07) is 2.77. The van der Waals surface area contributed by atoms with E-state index in [4.69, 9.17) is 4.74 Å². The lowest BCUT2D eigenvalue weighted by Gasteiger charge is -2.14. The van der Waals surface area contributed by atoms with Crippen molar-refractivity contribution in [3.63, 3.8) is 0 Å². The SMILES string of the molecule is COc1cc(C)c(C(F)(F)F)c(C)c1. The fourth-order valence-corrected chi connectivity index (χ4v) is 1.49. The number of halogens is 3. The highest BCUT2D eigenvalue weighted by Gasteiger charge is 2.34. The molecule has 0 radical (unpaired) electrons. The normalized spacial score (nSPS) is 11.6. The number of aryl methyl sites for hydroxylation is 2. The summed E-state index contributed by atoms with van der Waals surface area (Å²) < 4.78 is 42.4. The van der Waals surface area contributed by atoms with Crippen molar-refractivity contribution in [3.05, 3.63) is 28.8 Å². The van der Waals surface area contributed by atoms with E-state index in [-0.39, 0.29) is 11.1 Å². The second kappa shape index (κ2) is 3.52. The number of benzene rings is 1. The maximum absolute atomic E-state index is 12.5. The molecule has 0 saturated heterocycles. The molecular formula is C10H11F3O. The lowest BCUT2D eigenvalue weighted by Crippen LogP contribution is -2.10. The Kier molecular flexibility index (Phi) is 2.73. The molecule has 0 fully saturated rings. The Morgan fingerprint density at radius 1 is 1.07 bits per heavy atom. The first-order chi connectivity index (χ1) is 6.36. The predicted octanol–water partition coefficient (Wildman–Crippen LogP) is 3.33. The zero-order valence-electron chi connectivity index (χ0n) is 8.20. The Labute approximate surface area is 80.5 Å². The third-order valence-electron chi connectivity index (χ3n) is 2.03. The summed E-state index contributed by atoms with van der Waals surface area (Å²) in [7, 11) is 1.43. The van der Waals surface area contributed by atoms with Gasteiger partial charge < -0.3 is 4.74 Å². The van der Waals surface area contributed by atoms with Crippen LogP contribution < -0.4 is 4.74 Å². The highest BCUT2D eigenvalue weighted by Crippen LogP contribution is 2.36. The number of ether oxygens (including phenoxy) is 1. The summed E-state index contributed by atoms with van der Waals surface area (Å²) >= 11 is 0. The van der Waals surface area contributed by atoms with Gasteiger partial charge in [0.1, 0.15) is 5.75 Å². The van der Waals surface area contributed by atoms with Crippen LogP contribution in [0.4, 0.5) is 13.2 Å². The monoisotopic (exact) mass is 204 g/mol. The maximum Gasteiger partial charge on any atom is 0.416 e. The first kappa shape index (κ1) is 10.9. The van der Waals surface area contributed by atoms with E-state index in [1.807, 2.05) is 0 Å². The van der Waals surface area contributed by atoms with Gasteiger partial charge >= 0.3 is 6.18 Å². The van der Waals surface area contributed by atoms with Crippen molar-refractivity contribution < 1.29 is 17.9 Å². The summed E-state index contributed by atoms with van der Waals surface area (Å²) in [5, 5.41) is 0. The first-order valence-electron chi connectivity index (χ1n) is 4.08. The van der Waals surface area contributed by atoms with Gasteiger partial charge in [0, 0.05) is 0 Å². The van der Waals surface area contributed by atoms with Gasteiger partial charge in [-0.1, -0.05) is 0 Å². The molecule has 4 heteroatoms. The number of methoxy groups -OCH3 is 1. The third kappa shape index (κ3) is 2.00. The van der Waals surface area contributed by atoms with Crippen molar-refractivity contribution in [2.45, 2.75) is 20.0 Å². The second-order valence-electron chi connectivity index (χ2n) is 3.13. The van der Waals surface area contributed by atoms with Crippen LogP contribution in [0.5, 0.6) is 5.75 Å². The van der Waals surface area contributed by atoms with Crippen molar-refractivity contribution in [1.82, 2.24) is 0 Å². The molecule has 14 heavy (non-hydrogen) atoms. The van der Waals surface area contributed by atoms with E-state index < -0.39 is 11.7 Å². The van der Waals surface area contributed by atoms with Gasteiger partial charge in [0.25, 0.3) is 0 Å². The van der Waals surface area contributed by atoms with Crippen LogP contribution in [0.3, 0.4) is 0 Å². The molecule has 0 bridgehead atoms. The summed E-state index contributed by atoms with van der Waals surface area (Å²) in [6.45, 7) is 2.86. The predicted molar refractivity (Wildman–Crippen MR) is 47.5 cm³/mol. The standard InChI is InChI=1S/C10H11F3O/c1-6-4-8(14-3)5-7(2)9(6)10(11,12)13/h4-5H,1-3H3. The van der Waals surface area contributed by atoms with Gasteiger partial charge in [0.15, 0.2) is 0 Å². The zero-order valence-corrected chi connectivity index (χ0v) is 8.20. The average molecular weight is 204 g/mol. The van der Waals surface area contributed by atoms with Crippen molar-refractivity contribution in [2.24, 2.45) is 0 Å². The van der Waals surface area contributed by atoms with Crippen LogP contribution in [-0.4, -0.2) is 7.11 Å². The lowest BCUT2D eigenvalue weighted by molar-refractivity contribution is -0.138. The van der Waals surface area contributed by atoms with Crippen LogP contribution in [0.25, 0.3) is 0 Å². The second-order valence-corrected chi connectivity index (χ2v) is 3.13. The molecular weight excluding hydrogens is 193 g/mol. The molecule has 0 aliphatic rings. The minimum absolute atomic E-state index is 0.189. The molecule has 0 aliphatic heterocycles. The van der Waals surface area contributed by atoms with E-state index in [2.05, 4.69) is 0 Å². The van der Waals surface area contributed by atoms with Crippen LogP contribution in [0.15, 0.2) is 12.1 Å². The van der Waals surface area contributed by atoms with E-state index >= 15 is 0 Å². The van der Waals surface area contributed by atoms with Crippen molar-refractivity contribution >= 4 is 0 Å².